The largest absolute Gasteiger partial charge is 0.378 e. The van der Waals surface area contributed by atoms with Crippen molar-refractivity contribution >= 4 is 0 Å². The number of fused-ring (bicyclic) bond motifs is 2. The van der Waals surface area contributed by atoms with Crippen molar-refractivity contribution < 1.29 is 9.84 Å². The van der Waals surface area contributed by atoms with Crippen LogP contribution in [-0.4, -0.2) is 18.8 Å². The average Bonchev–Trinajstić information content (AvgIpc) is 3.23. The van der Waals surface area contributed by atoms with Crippen LogP contribution in [0.5, 0.6) is 0 Å². The molecule has 0 heterocycles. The summed E-state index contributed by atoms with van der Waals surface area (Å²) in [5, 5.41) is 11.8. The highest BCUT2D eigenvalue weighted by Crippen LogP contribution is 2.46. The summed E-state index contributed by atoms with van der Waals surface area (Å²) in [5.41, 5.74) is 0. The van der Waals surface area contributed by atoms with Gasteiger partial charge in [-0.1, -0.05) is 103 Å². The van der Waals surface area contributed by atoms with Gasteiger partial charge in [-0.3, -0.25) is 0 Å². The van der Waals surface area contributed by atoms with E-state index in [0.717, 1.165) is 25.9 Å². The van der Waals surface area contributed by atoms with Crippen LogP contribution in [0.15, 0.2) is 0 Å². The van der Waals surface area contributed by atoms with Gasteiger partial charge >= 0.3 is 0 Å². The summed E-state index contributed by atoms with van der Waals surface area (Å²) in [7, 11) is 0. The minimum Gasteiger partial charge on any atom is -0.378 e. The first-order chi connectivity index (χ1) is 13.3. The fourth-order valence-corrected chi connectivity index (χ4v) is 5.23. The van der Waals surface area contributed by atoms with Crippen molar-refractivity contribution in [3.05, 3.63) is 6.92 Å². The maximum atomic E-state index is 11.8. The number of unbranched alkanes of at least 4 members (excludes halogenated alkanes) is 15. The average molecular weight is 379 g/mol. The summed E-state index contributed by atoms with van der Waals surface area (Å²) in [6, 6.07) is 0. The second kappa shape index (κ2) is 14.9. The highest BCUT2D eigenvalue weighted by molar-refractivity contribution is 4.96. The van der Waals surface area contributed by atoms with Gasteiger partial charge in [0, 0.05) is 12.5 Å². The van der Waals surface area contributed by atoms with E-state index in [4.69, 9.17) is 4.74 Å². The standard InChI is InChI=1S/C25H46O2/c1-2-3-4-5-6-7-8-9-10-11-12-13-14-15-16-17-18-27-25-21-22-19-23(25)24(26)20-22/h22-25H,1-21H2. The molecule has 0 aromatic rings. The van der Waals surface area contributed by atoms with Gasteiger partial charge in [-0.05, 0) is 31.6 Å². The van der Waals surface area contributed by atoms with Gasteiger partial charge in [-0.2, -0.15) is 0 Å². The Morgan fingerprint density at radius 3 is 1.56 bits per heavy atom. The second-order valence-electron chi connectivity index (χ2n) is 9.34. The van der Waals surface area contributed by atoms with Crippen LogP contribution in [0.3, 0.4) is 0 Å². The number of rotatable bonds is 18. The van der Waals surface area contributed by atoms with Crippen LogP contribution in [0.1, 0.15) is 122 Å². The van der Waals surface area contributed by atoms with Gasteiger partial charge in [0.25, 0.3) is 0 Å². The molecule has 2 radical (unpaired) electrons. The summed E-state index contributed by atoms with van der Waals surface area (Å²) in [5.74, 6) is 1.03. The molecule has 4 unspecified atom stereocenters. The fraction of sp³-hybridized carbons (Fsp3) is 0.960. The number of hydrogen-bond donors (Lipinski definition) is 0. The van der Waals surface area contributed by atoms with Crippen molar-refractivity contribution in [2.75, 3.05) is 6.61 Å². The molecule has 4 atom stereocenters. The highest BCUT2D eigenvalue weighted by Gasteiger charge is 2.46. The number of hydrogen-bond acceptors (Lipinski definition) is 1. The molecule has 0 amide bonds. The first kappa shape index (κ1) is 23.2. The third kappa shape index (κ3) is 9.79. The summed E-state index contributed by atoms with van der Waals surface area (Å²) in [4.78, 5) is 0. The first-order valence-electron chi connectivity index (χ1n) is 12.4. The third-order valence-electron chi connectivity index (χ3n) is 6.92. The van der Waals surface area contributed by atoms with Crippen LogP contribution >= 0.6 is 0 Å². The van der Waals surface area contributed by atoms with E-state index in [1.165, 1.54) is 103 Å². The van der Waals surface area contributed by atoms with Crippen molar-refractivity contribution in [2.45, 2.75) is 134 Å². The Bertz CT molecular complexity index is 343. The van der Waals surface area contributed by atoms with Gasteiger partial charge < -0.3 is 4.74 Å². The molecule has 2 aliphatic rings. The molecule has 27 heavy (non-hydrogen) atoms. The zero-order valence-corrected chi connectivity index (χ0v) is 18.0. The Hall–Kier alpha value is -0.0800. The van der Waals surface area contributed by atoms with E-state index < -0.39 is 0 Å². The molecule has 2 rings (SSSR count). The van der Waals surface area contributed by atoms with Gasteiger partial charge in [0.2, 0.25) is 0 Å². The van der Waals surface area contributed by atoms with Gasteiger partial charge in [0.05, 0.1) is 12.2 Å². The van der Waals surface area contributed by atoms with E-state index in [1.807, 2.05) is 0 Å². The smallest absolute Gasteiger partial charge is 0.0985 e. The molecule has 2 bridgehead atoms. The van der Waals surface area contributed by atoms with Crippen LogP contribution < -0.4 is 0 Å². The highest BCUT2D eigenvalue weighted by atomic mass is 16.5. The molecule has 0 saturated heterocycles. The van der Waals surface area contributed by atoms with Gasteiger partial charge in [-0.15, -0.1) is 0 Å². The Kier molecular flexibility index (Phi) is 12.8. The summed E-state index contributed by atoms with van der Waals surface area (Å²) in [6.07, 6.45) is 25.2. The molecule has 2 nitrogen and oxygen atoms in total. The monoisotopic (exact) mass is 378 g/mol. The second-order valence-corrected chi connectivity index (χ2v) is 9.34. The van der Waals surface area contributed by atoms with Crippen molar-refractivity contribution in [2.24, 2.45) is 11.8 Å². The molecule has 0 N–H and O–H groups in total. The molecule has 2 saturated carbocycles. The number of ether oxygens (including phenoxy) is 1. The molecule has 0 aliphatic heterocycles. The van der Waals surface area contributed by atoms with Crippen LogP contribution in [0, 0.1) is 18.8 Å². The Balaban J connectivity index is 1.24. The summed E-state index contributed by atoms with van der Waals surface area (Å²) in [6.45, 7) is 4.79. The summed E-state index contributed by atoms with van der Waals surface area (Å²) >= 11 is 0. The van der Waals surface area contributed by atoms with E-state index in [-0.39, 0.29) is 6.10 Å². The molecule has 0 aromatic carbocycles. The SMILES string of the molecule is [CH2]CCCCCCCCCCCCCCCCCOC1CC2CC([O])C1C2. The quantitative estimate of drug-likeness (QED) is 0.225. The van der Waals surface area contributed by atoms with E-state index in [2.05, 4.69) is 6.92 Å². The predicted molar refractivity (Wildman–Crippen MR) is 114 cm³/mol. The van der Waals surface area contributed by atoms with Crippen LogP contribution in [0.2, 0.25) is 0 Å². The third-order valence-corrected chi connectivity index (χ3v) is 6.92. The minimum atomic E-state index is -0.322. The Morgan fingerprint density at radius 2 is 1.11 bits per heavy atom. The topological polar surface area (TPSA) is 29.1 Å². The fourth-order valence-electron chi connectivity index (χ4n) is 5.23. The minimum absolute atomic E-state index is 0.305. The molecular formula is C25H46O2. The molecular weight excluding hydrogens is 332 g/mol. The van der Waals surface area contributed by atoms with Crippen molar-refractivity contribution in [1.29, 1.82) is 0 Å². The predicted octanol–water partition coefficient (Wildman–Crippen LogP) is 7.68. The zero-order valence-electron chi connectivity index (χ0n) is 18.0. The van der Waals surface area contributed by atoms with Crippen molar-refractivity contribution in [1.82, 2.24) is 0 Å². The van der Waals surface area contributed by atoms with E-state index in [0.29, 0.717) is 17.9 Å². The molecule has 158 valence electrons. The van der Waals surface area contributed by atoms with Gasteiger partial charge in [0.1, 0.15) is 0 Å². The molecule has 2 heteroatoms. The van der Waals surface area contributed by atoms with E-state index in [1.54, 1.807) is 0 Å². The normalized spacial score (nSPS) is 26.9. The first-order valence-corrected chi connectivity index (χ1v) is 12.4. The lowest BCUT2D eigenvalue weighted by atomic mass is 9.95. The van der Waals surface area contributed by atoms with Crippen LogP contribution in [-0.2, 0) is 9.84 Å². The Morgan fingerprint density at radius 1 is 0.630 bits per heavy atom. The van der Waals surface area contributed by atoms with Gasteiger partial charge in [-0.25, -0.2) is 5.11 Å². The molecule has 0 spiro atoms. The summed E-state index contributed by atoms with van der Waals surface area (Å²) < 4.78 is 6.02. The molecule has 2 aliphatic carbocycles. The van der Waals surface area contributed by atoms with Crippen LogP contribution in [0.25, 0.3) is 0 Å². The van der Waals surface area contributed by atoms with Gasteiger partial charge in [0.15, 0.2) is 0 Å². The lowest BCUT2D eigenvalue weighted by Gasteiger charge is -2.25. The molecule has 0 aromatic heterocycles. The van der Waals surface area contributed by atoms with E-state index >= 15 is 0 Å². The lowest BCUT2D eigenvalue weighted by Crippen LogP contribution is -2.30. The van der Waals surface area contributed by atoms with Crippen molar-refractivity contribution in [3.8, 4) is 0 Å². The van der Waals surface area contributed by atoms with Crippen molar-refractivity contribution in [3.63, 3.8) is 0 Å². The maximum absolute atomic E-state index is 11.8. The maximum Gasteiger partial charge on any atom is 0.0985 e. The van der Waals surface area contributed by atoms with Crippen LogP contribution in [0.4, 0.5) is 0 Å². The van der Waals surface area contributed by atoms with E-state index in [9.17, 15) is 5.11 Å². The Labute approximate surface area is 169 Å². The zero-order chi connectivity index (χ0) is 19.2. The molecule has 2 fully saturated rings. The lowest BCUT2D eigenvalue weighted by molar-refractivity contribution is -0.0551.